The highest BCUT2D eigenvalue weighted by molar-refractivity contribution is 7.80. The lowest BCUT2D eigenvalue weighted by atomic mass is 9.76. The SMILES string of the molecule is CNC(=S)Nc1ccc(-n2c(C)cc3c2CC(C)(C)CC3=O)cc1. The van der Waals surface area contributed by atoms with Crippen molar-refractivity contribution in [3.05, 3.63) is 47.3 Å². The number of hydrogen-bond donors (Lipinski definition) is 2. The highest BCUT2D eigenvalue weighted by Gasteiger charge is 2.34. The number of ketones is 1. The Hall–Kier alpha value is -2.14. The fraction of sp³-hybridized carbons (Fsp3) is 0.368. The fourth-order valence-corrected chi connectivity index (χ4v) is 3.52. The van der Waals surface area contributed by atoms with Crippen LogP contribution in [0.15, 0.2) is 30.3 Å². The van der Waals surface area contributed by atoms with Crippen molar-refractivity contribution >= 4 is 28.8 Å². The molecule has 0 fully saturated rings. The van der Waals surface area contributed by atoms with Crippen LogP contribution in [0.2, 0.25) is 0 Å². The van der Waals surface area contributed by atoms with Gasteiger partial charge in [0.15, 0.2) is 10.9 Å². The molecule has 24 heavy (non-hydrogen) atoms. The Morgan fingerprint density at radius 1 is 1.21 bits per heavy atom. The summed E-state index contributed by atoms with van der Waals surface area (Å²) in [6.07, 6.45) is 1.53. The van der Waals surface area contributed by atoms with Crippen LogP contribution >= 0.6 is 12.2 Å². The van der Waals surface area contributed by atoms with E-state index < -0.39 is 0 Å². The second-order valence-electron chi connectivity index (χ2n) is 7.17. The van der Waals surface area contributed by atoms with Gasteiger partial charge in [-0.2, -0.15) is 0 Å². The molecule has 3 rings (SSSR count). The van der Waals surface area contributed by atoms with Gasteiger partial charge in [0, 0.05) is 41.8 Å². The van der Waals surface area contributed by atoms with Gasteiger partial charge in [0.2, 0.25) is 0 Å². The van der Waals surface area contributed by atoms with Crippen LogP contribution in [0.5, 0.6) is 0 Å². The number of nitrogens with one attached hydrogen (secondary N) is 2. The standard InChI is InChI=1S/C19H23N3OS/c1-12-9-15-16(10-19(2,3)11-17(15)23)22(12)14-7-5-13(6-8-14)21-18(24)20-4/h5-9H,10-11H2,1-4H3,(H2,20,21,24). The van der Waals surface area contributed by atoms with E-state index in [1.165, 1.54) is 0 Å². The van der Waals surface area contributed by atoms with Crippen molar-refractivity contribution in [2.45, 2.75) is 33.6 Å². The van der Waals surface area contributed by atoms with Crippen LogP contribution in [0, 0.1) is 12.3 Å². The summed E-state index contributed by atoms with van der Waals surface area (Å²) in [5.41, 5.74) is 5.11. The first-order chi connectivity index (χ1) is 11.3. The van der Waals surface area contributed by atoms with Crippen molar-refractivity contribution in [2.24, 2.45) is 5.41 Å². The first-order valence-electron chi connectivity index (χ1n) is 8.14. The number of fused-ring (bicyclic) bond motifs is 1. The molecular formula is C19H23N3OS. The molecule has 1 heterocycles. The predicted octanol–water partition coefficient (Wildman–Crippen LogP) is 3.86. The molecule has 0 radical (unpaired) electrons. The van der Waals surface area contributed by atoms with E-state index >= 15 is 0 Å². The molecule has 1 aromatic heterocycles. The second-order valence-corrected chi connectivity index (χ2v) is 7.58. The molecule has 0 unspecified atom stereocenters. The largest absolute Gasteiger partial charge is 0.366 e. The van der Waals surface area contributed by atoms with Crippen molar-refractivity contribution < 1.29 is 4.79 Å². The molecule has 0 aliphatic heterocycles. The number of rotatable bonds is 2. The van der Waals surface area contributed by atoms with Gasteiger partial charge >= 0.3 is 0 Å². The maximum atomic E-state index is 12.5. The summed E-state index contributed by atoms with van der Waals surface area (Å²) in [6.45, 7) is 6.37. The smallest absolute Gasteiger partial charge is 0.170 e. The molecule has 0 saturated carbocycles. The van der Waals surface area contributed by atoms with Crippen molar-refractivity contribution in [2.75, 3.05) is 12.4 Å². The minimum Gasteiger partial charge on any atom is -0.366 e. The monoisotopic (exact) mass is 341 g/mol. The highest BCUT2D eigenvalue weighted by Crippen LogP contribution is 2.37. The van der Waals surface area contributed by atoms with Gasteiger partial charge in [-0.05, 0) is 61.3 Å². The molecule has 0 spiro atoms. The van der Waals surface area contributed by atoms with E-state index in [9.17, 15) is 4.79 Å². The van der Waals surface area contributed by atoms with E-state index in [1.807, 2.05) is 18.2 Å². The number of aromatic nitrogens is 1. The van der Waals surface area contributed by atoms with Gasteiger partial charge in [0.1, 0.15) is 0 Å². The average Bonchev–Trinajstić information content (AvgIpc) is 2.83. The zero-order chi connectivity index (χ0) is 17.5. The van der Waals surface area contributed by atoms with Crippen LogP contribution in [0.1, 0.15) is 42.0 Å². The fourth-order valence-electron chi connectivity index (χ4n) is 3.40. The molecule has 5 heteroatoms. The van der Waals surface area contributed by atoms with Crippen molar-refractivity contribution in [3.8, 4) is 5.69 Å². The van der Waals surface area contributed by atoms with E-state index in [2.05, 4.69) is 48.1 Å². The molecule has 0 bridgehead atoms. The van der Waals surface area contributed by atoms with E-state index in [4.69, 9.17) is 12.2 Å². The summed E-state index contributed by atoms with van der Waals surface area (Å²) in [4.78, 5) is 12.5. The number of anilines is 1. The minimum absolute atomic E-state index is 0.00705. The molecule has 0 saturated heterocycles. The number of nitrogens with zero attached hydrogens (tertiary/aromatic N) is 1. The van der Waals surface area contributed by atoms with Crippen molar-refractivity contribution in [3.63, 3.8) is 0 Å². The zero-order valence-electron chi connectivity index (χ0n) is 14.6. The molecule has 0 atom stereocenters. The molecule has 0 amide bonds. The lowest BCUT2D eigenvalue weighted by Gasteiger charge is -2.30. The summed E-state index contributed by atoms with van der Waals surface area (Å²) in [6, 6.07) is 10.1. The summed E-state index contributed by atoms with van der Waals surface area (Å²) in [5, 5.41) is 6.60. The number of carbonyl (C=O) groups excluding carboxylic acids is 1. The predicted molar refractivity (Wildman–Crippen MR) is 102 cm³/mol. The molecule has 1 aliphatic rings. The lowest BCUT2D eigenvalue weighted by molar-refractivity contribution is 0.0911. The van der Waals surface area contributed by atoms with Crippen LogP contribution in [0.4, 0.5) is 5.69 Å². The van der Waals surface area contributed by atoms with E-state index in [0.29, 0.717) is 11.5 Å². The Labute approximate surface area is 148 Å². The Morgan fingerprint density at radius 3 is 2.50 bits per heavy atom. The first-order valence-corrected chi connectivity index (χ1v) is 8.55. The first kappa shape index (κ1) is 16.7. The second kappa shape index (κ2) is 6.06. The van der Waals surface area contributed by atoms with Gasteiger partial charge in [-0.25, -0.2) is 0 Å². The Balaban J connectivity index is 1.99. The van der Waals surface area contributed by atoms with E-state index in [0.717, 1.165) is 34.7 Å². The average molecular weight is 341 g/mol. The number of carbonyl (C=O) groups is 1. The quantitative estimate of drug-likeness (QED) is 0.814. The third-order valence-corrected chi connectivity index (χ3v) is 4.79. The van der Waals surface area contributed by atoms with Gasteiger partial charge in [-0.15, -0.1) is 0 Å². The van der Waals surface area contributed by atoms with Crippen molar-refractivity contribution in [1.82, 2.24) is 9.88 Å². The summed E-state index contributed by atoms with van der Waals surface area (Å²) in [7, 11) is 1.79. The number of aryl methyl sites for hydroxylation is 1. The molecule has 4 nitrogen and oxygen atoms in total. The summed E-state index contributed by atoms with van der Waals surface area (Å²) >= 11 is 5.12. The Morgan fingerprint density at radius 2 is 1.88 bits per heavy atom. The number of Topliss-reactive ketones (excluding diaryl/α,β-unsaturated/α-hetero) is 1. The molecular weight excluding hydrogens is 318 g/mol. The van der Waals surface area contributed by atoms with Gasteiger partial charge in [0.05, 0.1) is 0 Å². The normalized spacial score (nSPS) is 15.8. The lowest BCUT2D eigenvalue weighted by Crippen LogP contribution is -2.27. The van der Waals surface area contributed by atoms with Gasteiger partial charge < -0.3 is 15.2 Å². The maximum Gasteiger partial charge on any atom is 0.170 e. The maximum absolute atomic E-state index is 12.5. The highest BCUT2D eigenvalue weighted by atomic mass is 32.1. The van der Waals surface area contributed by atoms with Gasteiger partial charge in [-0.3, -0.25) is 4.79 Å². The summed E-state index contributed by atoms with van der Waals surface area (Å²) < 4.78 is 2.20. The summed E-state index contributed by atoms with van der Waals surface area (Å²) in [5.74, 6) is 0.251. The third kappa shape index (κ3) is 3.08. The van der Waals surface area contributed by atoms with Gasteiger partial charge in [0.25, 0.3) is 0 Å². The number of benzene rings is 1. The molecule has 2 aromatic rings. The zero-order valence-corrected chi connectivity index (χ0v) is 15.4. The van der Waals surface area contributed by atoms with E-state index in [-0.39, 0.29) is 11.2 Å². The van der Waals surface area contributed by atoms with Crippen LogP contribution in [-0.2, 0) is 6.42 Å². The number of hydrogen-bond acceptors (Lipinski definition) is 2. The molecule has 2 N–H and O–H groups in total. The Bertz CT molecular complexity index is 803. The topological polar surface area (TPSA) is 46.1 Å². The Kier molecular flexibility index (Phi) is 4.22. The molecule has 1 aliphatic carbocycles. The van der Waals surface area contributed by atoms with Gasteiger partial charge in [-0.1, -0.05) is 13.8 Å². The minimum atomic E-state index is 0.00705. The van der Waals surface area contributed by atoms with Crippen LogP contribution in [-0.4, -0.2) is 22.5 Å². The number of thiocarbonyl (C=S) groups is 1. The van der Waals surface area contributed by atoms with Crippen LogP contribution in [0.25, 0.3) is 5.69 Å². The van der Waals surface area contributed by atoms with Crippen molar-refractivity contribution in [1.29, 1.82) is 0 Å². The molecule has 1 aromatic carbocycles. The molecule has 126 valence electrons. The van der Waals surface area contributed by atoms with E-state index in [1.54, 1.807) is 7.05 Å². The van der Waals surface area contributed by atoms with Crippen LogP contribution < -0.4 is 10.6 Å². The van der Waals surface area contributed by atoms with Crippen LogP contribution in [0.3, 0.4) is 0 Å². The third-order valence-electron chi connectivity index (χ3n) is 4.48.